The number of fused-ring (bicyclic) bond motifs is 1. The first-order valence-corrected chi connectivity index (χ1v) is 6.91. The van der Waals surface area contributed by atoms with E-state index in [9.17, 15) is 10.1 Å². The van der Waals surface area contributed by atoms with Gasteiger partial charge in [0.05, 0.1) is 11.0 Å². The minimum atomic E-state index is -0.435. The minimum Gasteiger partial charge on any atom is -0.423 e. The molecule has 2 aromatic rings. The quantitative estimate of drug-likeness (QED) is 0.664. The number of aromatic nitrogens is 1. The zero-order chi connectivity index (χ0) is 14.2. The van der Waals surface area contributed by atoms with Crippen molar-refractivity contribution in [2.24, 2.45) is 5.41 Å². The molecule has 1 aliphatic rings. The molecule has 0 aliphatic heterocycles. The van der Waals surface area contributed by atoms with E-state index in [4.69, 9.17) is 4.42 Å². The molecule has 0 bridgehead atoms. The van der Waals surface area contributed by atoms with E-state index >= 15 is 0 Å². The maximum absolute atomic E-state index is 10.7. The summed E-state index contributed by atoms with van der Waals surface area (Å²) in [6, 6.07) is 4.90. The lowest BCUT2D eigenvalue weighted by Gasteiger charge is -2.41. The van der Waals surface area contributed by atoms with E-state index in [1.165, 1.54) is 31.4 Å². The van der Waals surface area contributed by atoms with Crippen LogP contribution in [0.25, 0.3) is 11.1 Å². The summed E-state index contributed by atoms with van der Waals surface area (Å²) in [5.41, 5.74) is 1.47. The number of non-ortho nitro benzene ring substituents is 1. The van der Waals surface area contributed by atoms with Gasteiger partial charge in [0.25, 0.3) is 11.7 Å². The number of rotatable bonds is 5. The second kappa shape index (κ2) is 4.77. The van der Waals surface area contributed by atoms with E-state index in [0.717, 1.165) is 13.0 Å². The predicted octanol–water partition coefficient (Wildman–Crippen LogP) is 3.73. The van der Waals surface area contributed by atoms with Crippen LogP contribution in [-0.4, -0.2) is 16.5 Å². The smallest absolute Gasteiger partial charge is 0.295 e. The van der Waals surface area contributed by atoms with E-state index in [0.29, 0.717) is 22.5 Å². The van der Waals surface area contributed by atoms with Gasteiger partial charge in [-0.25, -0.2) is 0 Å². The fourth-order valence-electron chi connectivity index (χ4n) is 2.70. The van der Waals surface area contributed by atoms with Crippen LogP contribution in [0.15, 0.2) is 22.6 Å². The molecule has 3 rings (SSSR count). The second-order valence-electron chi connectivity index (χ2n) is 5.49. The highest BCUT2D eigenvalue weighted by Gasteiger charge is 2.35. The van der Waals surface area contributed by atoms with Crippen LogP contribution in [0.3, 0.4) is 0 Å². The molecule has 0 atom stereocenters. The van der Waals surface area contributed by atoms with E-state index in [-0.39, 0.29) is 5.69 Å². The van der Waals surface area contributed by atoms with Gasteiger partial charge < -0.3 is 9.73 Å². The van der Waals surface area contributed by atoms with Crippen molar-refractivity contribution < 1.29 is 9.34 Å². The summed E-state index contributed by atoms with van der Waals surface area (Å²) < 4.78 is 5.54. The third kappa shape index (κ3) is 2.21. The summed E-state index contributed by atoms with van der Waals surface area (Å²) in [4.78, 5) is 14.6. The number of hydrogen-bond donors (Lipinski definition) is 1. The van der Waals surface area contributed by atoms with E-state index in [2.05, 4.69) is 17.2 Å². The summed E-state index contributed by atoms with van der Waals surface area (Å²) in [5, 5.41) is 14.0. The number of nitrogens with zero attached hydrogens (tertiary/aromatic N) is 2. The van der Waals surface area contributed by atoms with Crippen molar-refractivity contribution in [1.29, 1.82) is 0 Å². The summed E-state index contributed by atoms with van der Waals surface area (Å²) in [5.74, 6) is 0. The number of benzene rings is 1. The lowest BCUT2D eigenvalue weighted by Crippen LogP contribution is -2.35. The maximum atomic E-state index is 10.7. The topological polar surface area (TPSA) is 81.2 Å². The second-order valence-corrected chi connectivity index (χ2v) is 5.49. The third-order valence-corrected chi connectivity index (χ3v) is 4.36. The van der Waals surface area contributed by atoms with Crippen molar-refractivity contribution in [2.45, 2.75) is 32.6 Å². The molecule has 106 valence electrons. The number of nitrogens with one attached hydrogen (secondary N) is 1. The zero-order valence-corrected chi connectivity index (χ0v) is 11.4. The molecule has 20 heavy (non-hydrogen) atoms. The number of nitro benzene ring substituents is 1. The Morgan fingerprint density at radius 2 is 2.30 bits per heavy atom. The molecule has 1 aromatic heterocycles. The fraction of sp³-hybridized carbons (Fsp3) is 0.500. The molecule has 0 amide bonds. The Bertz CT molecular complexity index is 641. The van der Waals surface area contributed by atoms with Gasteiger partial charge >= 0.3 is 0 Å². The molecule has 0 unspecified atom stereocenters. The molecule has 0 radical (unpaired) electrons. The van der Waals surface area contributed by atoms with Gasteiger partial charge in [-0.1, -0.05) is 13.3 Å². The van der Waals surface area contributed by atoms with Crippen LogP contribution in [0.5, 0.6) is 0 Å². The van der Waals surface area contributed by atoms with Crippen molar-refractivity contribution >= 4 is 22.8 Å². The number of hydrogen-bond acceptors (Lipinski definition) is 5. The summed E-state index contributed by atoms with van der Waals surface area (Å²) in [6.07, 6.45) is 4.91. The van der Waals surface area contributed by atoms with Gasteiger partial charge in [0, 0.05) is 12.6 Å². The highest BCUT2D eigenvalue weighted by Crippen LogP contribution is 2.43. The average Bonchev–Trinajstić information content (AvgIpc) is 2.79. The SMILES string of the molecule is CCC1(CNc2nc3ccc([N+](=O)[O-])cc3o2)CCC1. The van der Waals surface area contributed by atoms with Crippen LogP contribution >= 0.6 is 0 Å². The summed E-state index contributed by atoms with van der Waals surface area (Å²) in [6.45, 7) is 3.05. The van der Waals surface area contributed by atoms with Crippen LogP contribution in [0.4, 0.5) is 11.7 Å². The Hall–Kier alpha value is -2.11. The Morgan fingerprint density at radius 1 is 1.50 bits per heavy atom. The molecule has 0 saturated heterocycles. The van der Waals surface area contributed by atoms with Crippen molar-refractivity contribution in [3.8, 4) is 0 Å². The van der Waals surface area contributed by atoms with Gasteiger partial charge in [0.1, 0.15) is 5.52 Å². The van der Waals surface area contributed by atoms with Crippen molar-refractivity contribution in [2.75, 3.05) is 11.9 Å². The normalized spacial score (nSPS) is 16.9. The lowest BCUT2D eigenvalue weighted by molar-refractivity contribution is -0.384. The van der Waals surface area contributed by atoms with Gasteiger partial charge in [-0.2, -0.15) is 4.98 Å². The van der Waals surface area contributed by atoms with E-state index < -0.39 is 4.92 Å². The highest BCUT2D eigenvalue weighted by atomic mass is 16.6. The Balaban J connectivity index is 1.77. The molecule has 1 N–H and O–H groups in total. The summed E-state index contributed by atoms with van der Waals surface area (Å²) in [7, 11) is 0. The Labute approximate surface area is 116 Å². The van der Waals surface area contributed by atoms with Crippen LogP contribution in [0, 0.1) is 15.5 Å². The molecular weight excluding hydrogens is 258 g/mol. The van der Waals surface area contributed by atoms with E-state index in [1.807, 2.05) is 0 Å². The highest BCUT2D eigenvalue weighted by molar-refractivity contribution is 5.77. The minimum absolute atomic E-state index is 0.0178. The first-order chi connectivity index (χ1) is 9.62. The van der Waals surface area contributed by atoms with Gasteiger partial charge in [0.2, 0.25) is 0 Å². The number of nitro groups is 1. The average molecular weight is 275 g/mol. The van der Waals surface area contributed by atoms with Crippen molar-refractivity contribution in [3.05, 3.63) is 28.3 Å². The monoisotopic (exact) mass is 275 g/mol. The third-order valence-electron chi connectivity index (χ3n) is 4.36. The van der Waals surface area contributed by atoms with Gasteiger partial charge in [-0.15, -0.1) is 0 Å². The zero-order valence-electron chi connectivity index (χ0n) is 11.4. The van der Waals surface area contributed by atoms with E-state index in [1.54, 1.807) is 6.07 Å². The van der Waals surface area contributed by atoms with Crippen molar-refractivity contribution in [3.63, 3.8) is 0 Å². The first-order valence-electron chi connectivity index (χ1n) is 6.91. The molecule has 1 fully saturated rings. The Morgan fingerprint density at radius 3 is 2.90 bits per heavy atom. The maximum Gasteiger partial charge on any atom is 0.295 e. The molecule has 0 spiro atoms. The number of oxazole rings is 1. The lowest BCUT2D eigenvalue weighted by atomic mass is 9.67. The standard InChI is InChI=1S/C14H17N3O3/c1-2-14(6-3-7-14)9-15-13-16-11-5-4-10(17(18)19)8-12(11)20-13/h4-5,8H,2-3,6-7,9H2,1H3,(H,15,16). The summed E-state index contributed by atoms with van der Waals surface area (Å²) >= 11 is 0. The van der Waals surface area contributed by atoms with Crippen LogP contribution in [-0.2, 0) is 0 Å². The molecule has 1 saturated carbocycles. The molecule has 1 heterocycles. The molecule has 6 heteroatoms. The predicted molar refractivity (Wildman–Crippen MR) is 75.7 cm³/mol. The van der Waals surface area contributed by atoms with Crippen LogP contribution in [0.1, 0.15) is 32.6 Å². The fourth-order valence-corrected chi connectivity index (χ4v) is 2.70. The number of anilines is 1. The molecule has 6 nitrogen and oxygen atoms in total. The molecular formula is C14H17N3O3. The van der Waals surface area contributed by atoms with Gasteiger partial charge in [-0.3, -0.25) is 10.1 Å². The first kappa shape index (κ1) is 12.9. The largest absolute Gasteiger partial charge is 0.423 e. The molecule has 1 aromatic carbocycles. The van der Waals surface area contributed by atoms with Crippen LogP contribution < -0.4 is 5.32 Å². The van der Waals surface area contributed by atoms with Crippen molar-refractivity contribution in [1.82, 2.24) is 4.98 Å². The molecule has 1 aliphatic carbocycles. The Kier molecular flexibility index (Phi) is 3.08. The van der Waals surface area contributed by atoms with Gasteiger partial charge in [0.15, 0.2) is 5.58 Å². The van der Waals surface area contributed by atoms with Crippen LogP contribution in [0.2, 0.25) is 0 Å². The van der Waals surface area contributed by atoms with Gasteiger partial charge in [-0.05, 0) is 30.7 Å².